The van der Waals surface area contributed by atoms with Gasteiger partial charge in [-0.15, -0.1) is 6.58 Å². The van der Waals surface area contributed by atoms with Gasteiger partial charge < -0.3 is 9.15 Å². The zero-order valence-electron chi connectivity index (χ0n) is 10.0. The molecule has 3 heteroatoms. The molecule has 3 nitrogen and oxygen atoms in total. The molecule has 0 radical (unpaired) electrons. The van der Waals surface area contributed by atoms with Crippen LogP contribution in [0.5, 0.6) is 5.75 Å². The minimum Gasteiger partial charge on any atom is -0.488 e. The van der Waals surface area contributed by atoms with Crippen molar-refractivity contribution in [2.75, 3.05) is 6.61 Å². The molecule has 0 bridgehead atoms. The predicted molar refractivity (Wildman–Crippen MR) is 72.1 cm³/mol. The van der Waals surface area contributed by atoms with Crippen molar-refractivity contribution in [1.29, 1.82) is 0 Å². The fourth-order valence-electron chi connectivity index (χ4n) is 1.79. The van der Waals surface area contributed by atoms with E-state index in [1.807, 2.05) is 18.2 Å². The van der Waals surface area contributed by atoms with Crippen LogP contribution >= 0.6 is 0 Å². The highest BCUT2D eigenvalue weighted by Gasteiger charge is 2.14. The fraction of sp³-hybridized carbons (Fsp3) is 0.133. The Kier molecular flexibility index (Phi) is 3.63. The smallest absolute Gasteiger partial charge is 0.343 e. The number of allylic oxidation sites excluding steroid dienone is 1. The van der Waals surface area contributed by atoms with Gasteiger partial charge in [-0.3, -0.25) is 0 Å². The number of hydrogen-bond acceptors (Lipinski definition) is 3. The van der Waals surface area contributed by atoms with Crippen LogP contribution < -0.4 is 10.4 Å². The first-order chi connectivity index (χ1) is 8.77. The number of benzene rings is 1. The van der Waals surface area contributed by atoms with Crippen LogP contribution in [0.2, 0.25) is 0 Å². The molecular formula is C15H14O3. The van der Waals surface area contributed by atoms with Gasteiger partial charge in [-0.25, -0.2) is 4.79 Å². The third-order valence-electron chi connectivity index (χ3n) is 2.55. The van der Waals surface area contributed by atoms with Crippen LogP contribution in [0.1, 0.15) is 5.56 Å². The first-order valence-corrected chi connectivity index (χ1v) is 5.67. The van der Waals surface area contributed by atoms with Crippen LogP contribution in [0, 0.1) is 0 Å². The molecule has 0 spiro atoms. The van der Waals surface area contributed by atoms with E-state index < -0.39 is 0 Å². The lowest BCUT2D eigenvalue weighted by molar-refractivity contribution is 0.359. The standard InChI is InChI=1S/C15H14O3/c1-3-7-12-14(17-10-4-2)11-8-5-6-9-13(11)18-15(12)16/h3-6,8-9H,1-2,7,10H2. The van der Waals surface area contributed by atoms with Gasteiger partial charge in [0.2, 0.25) is 0 Å². The average Bonchev–Trinajstić information content (AvgIpc) is 2.38. The highest BCUT2D eigenvalue weighted by atomic mass is 16.5. The minimum atomic E-state index is -0.382. The normalized spacial score (nSPS) is 10.2. The summed E-state index contributed by atoms with van der Waals surface area (Å²) in [5, 5.41) is 0.788. The van der Waals surface area contributed by atoms with E-state index in [1.165, 1.54) is 0 Å². The molecule has 1 heterocycles. The van der Waals surface area contributed by atoms with Crippen molar-refractivity contribution in [1.82, 2.24) is 0 Å². The Morgan fingerprint density at radius 1 is 1.22 bits per heavy atom. The van der Waals surface area contributed by atoms with Gasteiger partial charge in [0.05, 0.1) is 10.9 Å². The van der Waals surface area contributed by atoms with Crippen molar-refractivity contribution >= 4 is 11.0 Å². The van der Waals surface area contributed by atoms with E-state index >= 15 is 0 Å². The van der Waals surface area contributed by atoms with Crippen molar-refractivity contribution in [3.8, 4) is 5.75 Å². The van der Waals surface area contributed by atoms with E-state index in [9.17, 15) is 4.79 Å². The minimum absolute atomic E-state index is 0.345. The number of rotatable bonds is 5. The third-order valence-corrected chi connectivity index (χ3v) is 2.55. The summed E-state index contributed by atoms with van der Waals surface area (Å²) in [4.78, 5) is 11.9. The summed E-state index contributed by atoms with van der Waals surface area (Å²) < 4.78 is 10.9. The molecule has 0 amide bonds. The third kappa shape index (κ3) is 2.20. The lowest BCUT2D eigenvalue weighted by Gasteiger charge is -2.10. The molecule has 0 N–H and O–H groups in total. The van der Waals surface area contributed by atoms with Gasteiger partial charge in [0.25, 0.3) is 0 Å². The number of para-hydroxylation sites is 1. The predicted octanol–water partition coefficient (Wildman–Crippen LogP) is 3.09. The van der Waals surface area contributed by atoms with Crippen molar-refractivity contribution < 1.29 is 9.15 Å². The summed E-state index contributed by atoms with van der Waals surface area (Å²) in [6.45, 7) is 7.59. The second-order valence-corrected chi connectivity index (χ2v) is 3.79. The van der Waals surface area contributed by atoms with Crippen LogP contribution in [0.4, 0.5) is 0 Å². The quantitative estimate of drug-likeness (QED) is 0.597. The summed E-state index contributed by atoms with van der Waals surface area (Å²) in [6.07, 6.45) is 3.71. The molecule has 1 aromatic carbocycles. The Hall–Kier alpha value is -2.29. The molecule has 0 saturated heterocycles. The van der Waals surface area contributed by atoms with E-state index in [0.717, 1.165) is 5.39 Å². The molecule has 2 aromatic rings. The fourth-order valence-corrected chi connectivity index (χ4v) is 1.79. The lowest BCUT2D eigenvalue weighted by atomic mass is 10.1. The summed E-state index contributed by atoms with van der Waals surface area (Å²) in [5.41, 5.74) is 0.632. The first-order valence-electron chi connectivity index (χ1n) is 5.67. The maximum absolute atomic E-state index is 11.9. The summed E-state index contributed by atoms with van der Waals surface area (Å²) >= 11 is 0. The zero-order chi connectivity index (χ0) is 13.0. The van der Waals surface area contributed by atoms with E-state index in [2.05, 4.69) is 13.2 Å². The van der Waals surface area contributed by atoms with E-state index in [0.29, 0.717) is 29.9 Å². The van der Waals surface area contributed by atoms with Crippen molar-refractivity contribution in [3.05, 3.63) is 65.6 Å². The summed E-state index contributed by atoms with van der Waals surface area (Å²) in [5.74, 6) is 0.557. The van der Waals surface area contributed by atoms with Crippen LogP contribution in [0.3, 0.4) is 0 Å². The molecule has 0 aliphatic heterocycles. The molecule has 92 valence electrons. The lowest BCUT2D eigenvalue weighted by Crippen LogP contribution is -2.10. The highest BCUT2D eigenvalue weighted by Crippen LogP contribution is 2.27. The first kappa shape index (κ1) is 12.2. The average molecular weight is 242 g/mol. The Balaban J connectivity index is 2.71. The van der Waals surface area contributed by atoms with E-state index in [4.69, 9.17) is 9.15 Å². The molecule has 18 heavy (non-hydrogen) atoms. The largest absolute Gasteiger partial charge is 0.488 e. The summed E-state index contributed by atoms with van der Waals surface area (Å²) in [7, 11) is 0. The SMILES string of the molecule is C=CCOc1c(CC=C)c(=O)oc2ccccc12. The van der Waals surface area contributed by atoms with Gasteiger partial charge in [0, 0.05) is 6.42 Å². The van der Waals surface area contributed by atoms with Crippen molar-refractivity contribution in [2.45, 2.75) is 6.42 Å². The molecule has 0 fully saturated rings. The Bertz CT molecular complexity index is 638. The van der Waals surface area contributed by atoms with Gasteiger partial charge in [-0.1, -0.05) is 30.9 Å². The summed E-state index contributed by atoms with van der Waals surface area (Å²) in [6, 6.07) is 7.30. The van der Waals surface area contributed by atoms with Crippen LogP contribution in [-0.2, 0) is 6.42 Å². The van der Waals surface area contributed by atoms with E-state index in [1.54, 1.807) is 18.2 Å². The highest BCUT2D eigenvalue weighted by molar-refractivity contribution is 5.84. The number of hydrogen-bond donors (Lipinski definition) is 0. The van der Waals surface area contributed by atoms with Crippen LogP contribution in [0.25, 0.3) is 11.0 Å². The number of fused-ring (bicyclic) bond motifs is 1. The molecular weight excluding hydrogens is 228 g/mol. The van der Waals surface area contributed by atoms with E-state index in [-0.39, 0.29) is 5.63 Å². The van der Waals surface area contributed by atoms with Gasteiger partial charge in [-0.2, -0.15) is 0 Å². The molecule has 1 aromatic heterocycles. The van der Waals surface area contributed by atoms with Crippen LogP contribution in [0.15, 0.2) is 58.8 Å². The second kappa shape index (κ2) is 5.36. The second-order valence-electron chi connectivity index (χ2n) is 3.79. The van der Waals surface area contributed by atoms with Gasteiger partial charge >= 0.3 is 5.63 Å². The molecule has 0 aliphatic carbocycles. The van der Waals surface area contributed by atoms with Gasteiger partial charge in [0.15, 0.2) is 0 Å². The van der Waals surface area contributed by atoms with Gasteiger partial charge in [-0.05, 0) is 12.1 Å². The Labute approximate surface area is 105 Å². The molecule has 0 aliphatic rings. The Morgan fingerprint density at radius 3 is 2.72 bits per heavy atom. The maximum Gasteiger partial charge on any atom is 0.343 e. The molecule has 0 unspecified atom stereocenters. The number of ether oxygens (including phenoxy) is 1. The van der Waals surface area contributed by atoms with Gasteiger partial charge in [0.1, 0.15) is 17.9 Å². The van der Waals surface area contributed by atoms with Crippen molar-refractivity contribution in [3.63, 3.8) is 0 Å². The monoisotopic (exact) mass is 242 g/mol. The zero-order valence-corrected chi connectivity index (χ0v) is 10.0. The van der Waals surface area contributed by atoms with Crippen LogP contribution in [-0.4, -0.2) is 6.61 Å². The maximum atomic E-state index is 11.9. The molecule has 2 rings (SSSR count). The van der Waals surface area contributed by atoms with Crippen molar-refractivity contribution in [2.24, 2.45) is 0 Å². The Morgan fingerprint density at radius 2 is 2.00 bits per heavy atom. The molecule has 0 saturated carbocycles. The molecule has 0 atom stereocenters. The topological polar surface area (TPSA) is 39.4 Å².